The fourth-order valence-corrected chi connectivity index (χ4v) is 4.00. The number of carbonyl (C=O) groups is 1. The maximum atomic E-state index is 13.2. The first-order valence-corrected chi connectivity index (χ1v) is 10.8. The Bertz CT molecular complexity index is 1100. The van der Waals surface area contributed by atoms with E-state index in [1.807, 2.05) is 71.6 Å². The van der Waals surface area contributed by atoms with E-state index in [1.165, 1.54) is 0 Å². The number of hydrogen-bond donors (Lipinski definition) is 1. The molecule has 4 rings (SSSR count). The molecular formula is C26H28N2O4. The molecule has 1 atom stereocenters. The normalized spacial score (nSPS) is 15.0. The topological polar surface area (TPSA) is 60.0 Å². The molecule has 32 heavy (non-hydrogen) atoms. The molecule has 0 spiro atoms. The number of ether oxygens (including phenoxy) is 3. The number of fused-ring (bicyclic) bond motifs is 1. The number of carbonyl (C=O) groups excluding carboxylic acids is 1. The molecule has 0 aromatic heterocycles. The Morgan fingerprint density at radius 2 is 1.62 bits per heavy atom. The highest BCUT2D eigenvalue weighted by molar-refractivity contribution is 6.01. The van der Waals surface area contributed by atoms with Crippen LogP contribution in [-0.4, -0.2) is 31.6 Å². The molecule has 0 unspecified atom stereocenters. The Kier molecular flexibility index (Phi) is 6.50. The summed E-state index contributed by atoms with van der Waals surface area (Å²) < 4.78 is 17.0. The van der Waals surface area contributed by atoms with Crippen LogP contribution in [0.1, 0.15) is 41.0 Å². The summed E-state index contributed by atoms with van der Waals surface area (Å²) >= 11 is 0. The Labute approximate surface area is 188 Å². The second kappa shape index (κ2) is 9.64. The van der Waals surface area contributed by atoms with E-state index in [1.54, 1.807) is 14.2 Å². The summed E-state index contributed by atoms with van der Waals surface area (Å²) in [7, 11) is 3.26. The molecule has 1 amide bonds. The summed E-state index contributed by atoms with van der Waals surface area (Å²) in [5.41, 5.74) is 3.41. The maximum absolute atomic E-state index is 13.2. The average molecular weight is 433 g/mol. The third-order valence-corrected chi connectivity index (χ3v) is 5.56. The van der Waals surface area contributed by atoms with Gasteiger partial charge in [0.15, 0.2) is 11.5 Å². The van der Waals surface area contributed by atoms with Crippen molar-refractivity contribution in [1.82, 2.24) is 4.90 Å². The molecule has 1 N–H and O–H groups in total. The molecule has 3 aromatic rings. The minimum absolute atomic E-state index is 0.0360. The van der Waals surface area contributed by atoms with Crippen molar-refractivity contribution in [3.05, 3.63) is 83.4 Å². The van der Waals surface area contributed by atoms with Crippen LogP contribution in [0.2, 0.25) is 0 Å². The predicted octanol–water partition coefficient (Wildman–Crippen LogP) is 5.26. The van der Waals surface area contributed by atoms with Crippen LogP contribution in [0.3, 0.4) is 0 Å². The summed E-state index contributed by atoms with van der Waals surface area (Å²) in [6, 6.07) is 21.1. The van der Waals surface area contributed by atoms with Gasteiger partial charge in [0, 0.05) is 17.8 Å². The molecule has 6 heteroatoms. The van der Waals surface area contributed by atoms with Gasteiger partial charge in [0.05, 0.1) is 19.8 Å². The average Bonchev–Trinajstić information content (AvgIpc) is 2.84. The Morgan fingerprint density at radius 1 is 0.906 bits per heavy atom. The molecule has 0 bridgehead atoms. The molecule has 0 fully saturated rings. The number of para-hydroxylation sites is 3. The first kappa shape index (κ1) is 21.6. The van der Waals surface area contributed by atoms with Crippen LogP contribution >= 0.6 is 0 Å². The lowest BCUT2D eigenvalue weighted by molar-refractivity contribution is 0.0683. The van der Waals surface area contributed by atoms with Gasteiger partial charge in [-0.05, 0) is 48.4 Å². The van der Waals surface area contributed by atoms with E-state index in [0.29, 0.717) is 30.2 Å². The van der Waals surface area contributed by atoms with E-state index in [-0.39, 0.29) is 12.1 Å². The molecule has 1 heterocycles. The molecule has 0 saturated carbocycles. The molecule has 1 aliphatic rings. The quantitative estimate of drug-likeness (QED) is 0.526. The highest BCUT2D eigenvalue weighted by atomic mass is 16.5. The highest BCUT2D eigenvalue weighted by Crippen LogP contribution is 2.35. The highest BCUT2D eigenvalue weighted by Gasteiger charge is 2.32. The van der Waals surface area contributed by atoms with Crippen LogP contribution in [0.25, 0.3) is 0 Å². The second-order valence-corrected chi connectivity index (χ2v) is 7.60. The summed E-state index contributed by atoms with van der Waals surface area (Å²) in [6.07, 6.45) is 0.597. The lowest BCUT2D eigenvalue weighted by Crippen LogP contribution is -2.43. The fourth-order valence-electron chi connectivity index (χ4n) is 4.00. The van der Waals surface area contributed by atoms with E-state index >= 15 is 0 Å². The van der Waals surface area contributed by atoms with Crippen molar-refractivity contribution in [1.29, 1.82) is 0 Å². The zero-order valence-electron chi connectivity index (χ0n) is 18.6. The van der Waals surface area contributed by atoms with Crippen molar-refractivity contribution in [2.24, 2.45) is 0 Å². The van der Waals surface area contributed by atoms with Gasteiger partial charge in [-0.15, -0.1) is 0 Å². The van der Waals surface area contributed by atoms with Gasteiger partial charge >= 0.3 is 0 Å². The molecule has 0 aliphatic carbocycles. The molecule has 0 radical (unpaired) electrons. The molecular weight excluding hydrogens is 404 g/mol. The number of amides is 1. The molecule has 3 aromatic carbocycles. The molecule has 0 saturated heterocycles. The Hall–Kier alpha value is -3.67. The van der Waals surface area contributed by atoms with Gasteiger partial charge in [-0.25, -0.2) is 0 Å². The number of anilines is 1. The summed E-state index contributed by atoms with van der Waals surface area (Å²) in [6.45, 7) is 3.04. The maximum Gasteiger partial charge on any atom is 0.257 e. The van der Waals surface area contributed by atoms with Crippen LogP contribution < -0.4 is 19.5 Å². The number of nitrogens with zero attached hydrogens (tertiary/aromatic N) is 1. The molecule has 1 aliphatic heterocycles. The number of rotatable bonds is 8. The zero-order chi connectivity index (χ0) is 22.5. The monoisotopic (exact) mass is 432 g/mol. The minimum atomic E-state index is -0.270. The Balaban J connectivity index is 1.65. The summed E-state index contributed by atoms with van der Waals surface area (Å²) in [5, 5.41) is 3.54. The fraction of sp³-hybridized carbons (Fsp3) is 0.269. The molecule has 6 nitrogen and oxygen atoms in total. The Morgan fingerprint density at radius 3 is 2.38 bits per heavy atom. The van der Waals surface area contributed by atoms with Gasteiger partial charge in [-0.3, -0.25) is 4.79 Å². The number of hydrogen-bond acceptors (Lipinski definition) is 5. The van der Waals surface area contributed by atoms with E-state index in [9.17, 15) is 4.79 Å². The van der Waals surface area contributed by atoms with E-state index < -0.39 is 0 Å². The van der Waals surface area contributed by atoms with Crippen molar-refractivity contribution in [2.75, 3.05) is 26.1 Å². The minimum Gasteiger partial charge on any atom is -0.496 e. The van der Waals surface area contributed by atoms with Crippen molar-refractivity contribution in [2.45, 2.75) is 26.1 Å². The largest absolute Gasteiger partial charge is 0.496 e. The van der Waals surface area contributed by atoms with E-state index in [4.69, 9.17) is 14.2 Å². The van der Waals surface area contributed by atoms with E-state index in [0.717, 1.165) is 29.0 Å². The smallest absolute Gasteiger partial charge is 0.257 e. The first-order valence-electron chi connectivity index (χ1n) is 10.8. The third-order valence-electron chi connectivity index (χ3n) is 5.56. The SMILES string of the molecule is CCCN1C(=O)c2ccccc2N[C@@H]1c1ccc(OC)c(COc2ccccc2OC)c1. The van der Waals surface area contributed by atoms with Gasteiger partial charge in [0.2, 0.25) is 0 Å². The lowest BCUT2D eigenvalue weighted by atomic mass is 10.0. The van der Waals surface area contributed by atoms with Crippen molar-refractivity contribution < 1.29 is 19.0 Å². The van der Waals surface area contributed by atoms with Gasteiger partial charge in [-0.1, -0.05) is 37.3 Å². The van der Waals surface area contributed by atoms with E-state index in [2.05, 4.69) is 12.2 Å². The van der Waals surface area contributed by atoms with Crippen LogP contribution in [0, 0.1) is 0 Å². The molecule has 166 valence electrons. The predicted molar refractivity (Wildman–Crippen MR) is 124 cm³/mol. The van der Waals surface area contributed by atoms with Gasteiger partial charge in [0.25, 0.3) is 5.91 Å². The van der Waals surface area contributed by atoms with Crippen LogP contribution in [0.15, 0.2) is 66.7 Å². The van der Waals surface area contributed by atoms with Gasteiger partial charge < -0.3 is 24.4 Å². The summed E-state index contributed by atoms with van der Waals surface area (Å²) in [5.74, 6) is 2.10. The van der Waals surface area contributed by atoms with Gasteiger partial charge in [0.1, 0.15) is 18.5 Å². The number of nitrogens with one attached hydrogen (secondary N) is 1. The third kappa shape index (κ3) is 4.21. The second-order valence-electron chi connectivity index (χ2n) is 7.60. The zero-order valence-corrected chi connectivity index (χ0v) is 18.6. The first-order chi connectivity index (χ1) is 15.7. The lowest BCUT2D eigenvalue weighted by Gasteiger charge is -2.38. The van der Waals surface area contributed by atoms with Crippen LogP contribution in [0.4, 0.5) is 5.69 Å². The number of methoxy groups -OCH3 is 2. The summed E-state index contributed by atoms with van der Waals surface area (Å²) in [4.78, 5) is 15.1. The van der Waals surface area contributed by atoms with Crippen molar-refractivity contribution in [3.63, 3.8) is 0 Å². The van der Waals surface area contributed by atoms with Crippen LogP contribution in [-0.2, 0) is 6.61 Å². The standard InChI is InChI=1S/C26H28N2O4/c1-4-15-28-25(27-21-10-6-5-9-20(21)26(28)29)18-13-14-22(30-2)19(16-18)17-32-24-12-8-7-11-23(24)31-3/h5-14,16,25,27H,4,15,17H2,1-3H3/t25-/m0/s1. The number of benzene rings is 3. The van der Waals surface area contributed by atoms with Crippen molar-refractivity contribution >= 4 is 11.6 Å². The van der Waals surface area contributed by atoms with Gasteiger partial charge in [-0.2, -0.15) is 0 Å². The van der Waals surface area contributed by atoms with Crippen LogP contribution in [0.5, 0.6) is 17.2 Å². The van der Waals surface area contributed by atoms with Crippen molar-refractivity contribution in [3.8, 4) is 17.2 Å².